The Labute approximate surface area is 189 Å². The van der Waals surface area contributed by atoms with Gasteiger partial charge in [-0.05, 0) is 65.2 Å². The largest absolute Gasteiger partial charge is 0.444 e. The molecule has 0 radical (unpaired) electrons. The fourth-order valence-electron chi connectivity index (χ4n) is 3.75. The molecule has 5 nitrogen and oxygen atoms in total. The fraction of sp³-hybridized carbons (Fsp3) is 0.440. The zero-order chi connectivity index (χ0) is 22.8. The first-order valence-corrected chi connectivity index (χ1v) is 10.9. The molecule has 1 saturated heterocycles. The molecule has 0 N–H and O–H groups in total. The normalized spacial score (nSPS) is 18.1. The molecule has 2 aromatic rings. The molecule has 2 aromatic carbocycles. The van der Waals surface area contributed by atoms with Gasteiger partial charge in [-0.2, -0.15) is 0 Å². The Morgan fingerprint density at radius 3 is 2.45 bits per heavy atom. The summed E-state index contributed by atoms with van der Waals surface area (Å²) < 4.78 is 11.5. The van der Waals surface area contributed by atoms with Crippen LogP contribution in [0.25, 0.3) is 0 Å². The summed E-state index contributed by atoms with van der Waals surface area (Å²) in [5, 5.41) is 0.429. The lowest BCUT2D eigenvalue weighted by atomic mass is 9.99. The minimum Gasteiger partial charge on any atom is -0.444 e. The Morgan fingerprint density at radius 1 is 1.16 bits per heavy atom. The number of hydrogen-bond donors (Lipinski definition) is 0. The predicted octanol–water partition coefficient (Wildman–Crippen LogP) is 5.88. The van der Waals surface area contributed by atoms with Crippen LogP contribution in [-0.4, -0.2) is 40.8 Å². The van der Waals surface area contributed by atoms with E-state index < -0.39 is 11.3 Å². The molecule has 0 aromatic heterocycles. The number of carbonyl (C=O) groups excluding carboxylic acids is 2. The maximum Gasteiger partial charge on any atom is 0.412 e. The lowest BCUT2D eigenvalue weighted by Crippen LogP contribution is -2.49. The average molecular weight is 444 g/mol. The van der Waals surface area contributed by atoms with Crippen molar-refractivity contribution < 1.29 is 19.1 Å². The van der Waals surface area contributed by atoms with Gasteiger partial charge in [0.25, 0.3) is 0 Å². The van der Waals surface area contributed by atoms with Crippen molar-refractivity contribution in [3.05, 3.63) is 70.2 Å². The summed E-state index contributed by atoms with van der Waals surface area (Å²) in [5.74, 6) is -0.0980. The molecule has 0 saturated carbocycles. The molecule has 0 unspecified atom stereocenters. The van der Waals surface area contributed by atoms with Crippen LogP contribution >= 0.6 is 11.6 Å². The fourth-order valence-corrected chi connectivity index (χ4v) is 4.04. The number of nitrogens with zero attached hydrogens (tertiary/aromatic N) is 1. The lowest BCUT2D eigenvalue weighted by Gasteiger charge is -2.35. The summed E-state index contributed by atoms with van der Waals surface area (Å²) in [6, 6.07) is 14.5. The van der Waals surface area contributed by atoms with Crippen molar-refractivity contribution in [1.29, 1.82) is 0 Å². The van der Waals surface area contributed by atoms with Gasteiger partial charge in [0, 0.05) is 11.1 Å². The summed E-state index contributed by atoms with van der Waals surface area (Å²) in [6.45, 7) is 9.75. The molecule has 1 aliphatic heterocycles. The van der Waals surface area contributed by atoms with Gasteiger partial charge in [0.15, 0.2) is 5.78 Å². The first kappa shape index (κ1) is 23.3. The van der Waals surface area contributed by atoms with E-state index in [-0.39, 0.29) is 17.9 Å². The van der Waals surface area contributed by atoms with Gasteiger partial charge in [-0.3, -0.25) is 9.69 Å². The van der Waals surface area contributed by atoms with Gasteiger partial charge in [0.2, 0.25) is 0 Å². The topological polar surface area (TPSA) is 55.8 Å². The number of aryl methyl sites for hydroxylation is 1. The molecule has 1 fully saturated rings. The summed E-state index contributed by atoms with van der Waals surface area (Å²) >= 11 is 6.44. The number of rotatable bonds is 5. The van der Waals surface area contributed by atoms with Crippen molar-refractivity contribution >= 4 is 23.5 Å². The van der Waals surface area contributed by atoms with E-state index in [2.05, 4.69) is 0 Å². The number of ketones is 1. The Kier molecular flexibility index (Phi) is 6.77. The van der Waals surface area contributed by atoms with E-state index in [4.69, 9.17) is 21.1 Å². The Hall–Kier alpha value is -2.37. The highest BCUT2D eigenvalue weighted by atomic mass is 35.5. The summed E-state index contributed by atoms with van der Waals surface area (Å²) in [7, 11) is 0. The average Bonchev–Trinajstić information content (AvgIpc) is 2.99. The number of hydrogen-bond acceptors (Lipinski definition) is 4. The third-order valence-electron chi connectivity index (χ3n) is 5.24. The zero-order valence-electron chi connectivity index (χ0n) is 18.8. The lowest BCUT2D eigenvalue weighted by molar-refractivity contribution is -0.0626. The molecule has 3 rings (SSSR count). The smallest absolute Gasteiger partial charge is 0.412 e. The van der Waals surface area contributed by atoms with E-state index in [9.17, 15) is 9.59 Å². The van der Waals surface area contributed by atoms with E-state index in [1.807, 2.05) is 65.0 Å². The molecular formula is C25H30ClNO4. The quantitative estimate of drug-likeness (QED) is 0.542. The molecule has 1 heterocycles. The maximum absolute atomic E-state index is 12.8. The Bertz CT molecular complexity index is 950. The van der Waals surface area contributed by atoms with Gasteiger partial charge in [0.05, 0.1) is 17.7 Å². The number of amides is 1. The number of ether oxygens (including phenoxy) is 2. The second-order valence-electron chi connectivity index (χ2n) is 9.31. The zero-order valence-corrected chi connectivity index (χ0v) is 19.5. The van der Waals surface area contributed by atoms with Crippen molar-refractivity contribution in [2.45, 2.75) is 64.8 Å². The standard InChI is InChI=1S/C25H30ClNO4/c1-24(2,3)31-23(29)27-19(16-30-25(27,4)5)13-11-17-12-14-20(21(26)15-17)22(28)18-9-7-6-8-10-18/h6-10,12,14-15,19H,11,13,16H2,1-5H3/t19-/m1/s1. The first-order valence-electron chi connectivity index (χ1n) is 10.5. The van der Waals surface area contributed by atoms with E-state index in [0.717, 1.165) is 5.56 Å². The van der Waals surface area contributed by atoms with Crippen LogP contribution < -0.4 is 0 Å². The minimum absolute atomic E-state index is 0.0980. The SMILES string of the molecule is CC(C)(C)OC(=O)N1[C@H](CCc2ccc(C(=O)c3ccccc3)c(Cl)c2)COC1(C)C. The van der Waals surface area contributed by atoms with Crippen molar-refractivity contribution in [3.63, 3.8) is 0 Å². The Balaban J connectivity index is 1.69. The number of benzene rings is 2. The number of carbonyl (C=O) groups is 2. The number of halogens is 1. The van der Waals surface area contributed by atoms with E-state index in [1.165, 1.54) is 0 Å². The highest BCUT2D eigenvalue weighted by Gasteiger charge is 2.45. The third-order valence-corrected chi connectivity index (χ3v) is 5.56. The highest BCUT2D eigenvalue weighted by Crippen LogP contribution is 2.32. The van der Waals surface area contributed by atoms with Gasteiger partial charge in [-0.1, -0.05) is 48.0 Å². The van der Waals surface area contributed by atoms with Crippen LogP contribution in [0.1, 0.15) is 62.5 Å². The monoisotopic (exact) mass is 443 g/mol. The van der Waals surface area contributed by atoms with Crippen LogP contribution in [0.3, 0.4) is 0 Å². The van der Waals surface area contributed by atoms with Crippen LogP contribution in [0.4, 0.5) is 4.79 Å². The van der Waals surface area contributed by atoms with Crippen LogP contribution in [-0.2, 0) is 15.9 Å². The van der Waals surface area contributed by atoms with Crippen molar-refractivity contribution in [2.75, 3.05) is 6.61 Å². The molecule has 166 valence electrons. The molecule has 0 aliphatic carbocycles. The molecule has 1 aliphatic rings. The van der Waals surface area contributed by atoms with E-state index in [0.29, 0.717) is 35.6 Å². The molecule has 0 bridgehead atoms. The molecule has 0 spiro atoms. The van der Waals surface area contributed by atoms with Crippen molar-refractivity contribution in [1.82, 2.24) is 4.90 Å². The summed E-state index contributed by atoms with van der Waals surface area (Å²) in [5.41, 5.74) is 0.794. The van der Waals surface area contributed by atoms with Crippen molar-refractivity contribution in [3.8, 4) is 0 Å². The van der Waals surface area contributed by atoms with Gasteiger partial charge in [-0.15, -0.1) is 0 Å². The minimum atomic E-state index is -0.726. The highest BCUT2D eigenvalue weighted by molar-refractivity contribution is 6.35. The van der Waals surface area contributed by atoms with E-state index >= 15 is 0 Å². The van der Waals surface area contributed by atoms with Gasteiger partial charge in [0.1, 0.15) is 11.3 Å². The molecule has 31 heavy (non-hydrogen) atoms. The maximum atomic E-state index is 12.8. The second-order valence-corrected chi connectivity index (χ2v) is 9.72. The first-order chi connectivity index (χ1) is 14.5. The van der Waals surface area contributed by atoms with Gasteiger partial charge >= 0.3 is 6.09 Å². The van der Waals surface area contributed by atoms with Gasteiger partial charge in [-0.25, -0.2) is 4.79 Å². The van der Waals surface area contributed by atoms with Crippen LogP contribution in [0.2, 0.25) is 5.02 Å². The van der Waals surface area contributed by atoms with E-state index in [1.54, 1.807) is 23.1 Å². The molecule has 1 atom stereocenters. The Morgan fingerprint density at radius 2 is 1.84 bits per heavy atom. The summed E-state index contributed by atoms with van der Waals surface area (Å²) in [4.78, 5) is 27.1. The van der Waals surface area contributed by atoms with Gasteiger partial charge < -0.3 is 9.47 Å². The molecule has 6 heteroatoms. The second kappa shape index (κ2) is 9.01. The third kappa shape index (κ3) is 5.66. The van der Waals surface area contributed by atoms with Crippen LogP contribution in [0, 0.1) is 0 Å². The van der Waals surface area contributed by atoms with Crippen LogP contribution in [0.15, 0.2) is 48.5 Å². The summed E-state index contributed by atoms with van der Waals surface area (Å²) in [6.07, 6.45) is 1.02. The molecular weight excluding hydrogens is 414 g/mol. The van der Waals surface area contributed by atoms with Crippen LogP contribution in [0.5, 0.6) is 0 Å². The molecule has 1 amide bonds. The van der Waals surface area contributed by atoms with Crippen molar-refractivity contribution in [2.24, 2.45) is 0 Å². The predicted molar refractivity (Wildman–Crippen MR) is 122 cm³/mol.